The summed E-state index contributed by atoms with van der Waals surface area (Å²) in [7, 11) is 0. The van der Waals surface area contributed by atoms with Crippen molar-refractivity contribution >= 4 is 11.8 Å². The molecule has 0 amide bonds. The Balaban J connectivity index is 2.42. The predicted molar refractivity (Wildman–Crippen MR) is 79.9 cm³/mol. The zero-order chi connectivity index (χ0) is 15.4. The normalized spacial score (nSPS) is 10.4. The molecule has 0 saturated carbocycles. The molecule has 0 bridgehead atoms. The smallest absolute Gasteiger partial charge is 0.339 e. The molecule has 0 atom stereocenters. The third-order valence-electron chi connectivity index (χ3n) is 2.93. The summed E-state index contributed by atoms with van der Waals surface area (Å²) in [5.74, 6) is 0.332. The Kier molecular flexibility index (Phi) is 4.37. The van der Waals surface area contributed by atoms with Crippen LogP contribution in [0, 0.1) is 0 Å². The molecule has 1 aromatic heterocycles. The minimum absolute atomic E-state index is 0.0526. The van der Waals surface area contributed by atoms with Gasteiger partial charge in [0.1, 0.15) is 11.4 Å². The lowest BCUT2D eigenvalue weighted by atomic mass is 10.1. The highest BCUT2D eigenvalue weighted by molar-refractivity contribution is 5.95. The maximum atomic E-state index is 11.0. The number of nitrogens with one attached hydrogen (secondary N) is 1. The molecule has 1 aromatic carbocycles. The largest absolute Gasteiger partial charge is 0.490 e. The van der Waals surface area contributed by atoms with E-state index in [1.165, 1.54) is 6.07 Å². The topological polar surface area (TPSA) is 97.6 Å². The number of anilines is 1. The van der Waals surface area contributed by atoms with Crippen LogP contribution >= 0.6 is 0 Å². The quantitative estimate of drug-likeness (QED) is 0.760. The van der Waals surface area contributed by atoms with Gasteiger partial charge in [-0.05, 0) is 38.1 Å². The molecule has 112 valence electrons. The van der Waals surface area contributed by atoms with Crippen molar-refractivity contribution in [2.45, 2.75) is 13.8 Å². The van der Waals surface area contributed by atoms with E-state index < -0.39 is 5.97 Å². The van der Waals surface area contributed by atoms with Gasteiger partial charge in [0.25, 0.3) is 0 Å². The zero-order valence-corrected chi connectivity index (χ0v) is 12.0. The van der Waals surface area contributed by atoms with E-state index in [0.717, 1.165) is 5.56 Å². The predicted octanol–water partition coefficient (Wildman–Crippen LogP) is 2.76. The fourth-order valence-electron chi connectivity index (χ4n) is 2.02. The number of hydrogen-bond donors (Lipinski definition) is 3. The Bertz CT molecular complexity index is 649. The molecule has 0 aliphatic carbocycles. The van der Waals surface area contributed by atoms with Gasteiger partial charge in [-0.15, -0.1) is 0 Å². The van der Waals surface area contributed by atoms with Crippen LogP contribution < -0.4 is 15.2 Å². The SMILES string of the molecule is CCOc1ccc(-c2cc(C(=O)O)c(N)[nH]2)cc1OCC. The van der Waals surface area contributed by atoms with Crippen LogP contribution in [0.3, 0.4) is 0 Å². The first kappa shape index (κ1) is 14.8. The highest BCUT2D eigenvalue weighted by Gasteiger charge is 2.14. The van der Waals surface area contributed by atoms with E-state index in [2.05, 4.69) is 4.98 Å². The molecular formula is C15H18N2O4. The zero-order valence-electron chi connectivity index (χ0n) is 12.0. The first-order valence-corrected chi connectivity index (χ1v) is 6.68. The number of carboxylic acid groups (broad SMARTS) is 1. The first-order valence-electron chi connectivity index (χ1n) is 6.68. The van der Waals surface area contributed by atoms with Crippen LogP contribution in [-0.2, 0) is 0 Å². The van der Waals surface area contributed by atoms with Gasteiger partial charge in [-0.25, -0.2) is 4.79 Å². The van der Waals surface area contributed by atoms with Gasteiger partial charge in [-0.3, -0.25) is 0 Å². The third kappa shape index (κ3) is 3.10. The summed E-state index contributed by atoms with van der Waals surface area (Å²) in [5, 5.41) is 9.03. The van der Waals surface area contributed by atoms with Crippen molar-refractivity contribution in [3.8, 4) is 22.8 Å². The van der Waals surface area contributed by atoms with Gasteiger partial charge in [-0.2, -0.15) is 0 Å². The van der Waals surface area contributed by atoms with Crippen molar-refractivity contribution in [3.63, 3.8) is 0 Å². The van der Waals surface area contributed by atoms with Gasteiger partial charge in [0, 0.05) is 11.3 Å². The Morgan fingerprint density at radius 3 is 2.43 bits per heavy atom. The summed E-state index contributed by atoms with van der Waals surface area (Å²) < 4.78 is 11.0. The van der Waals surface area contributed by atoms with Crippen molar-refractivity contribution in [1.29, 1.82) is 0 Å². The molecule has 2 rings (SSSR count). The number of aromatic carboxylic acids is 1. The van der Waals surface area contributed by atoms with Gasteiger partial charge in [-0.1, -0.05) is 0 Å². The summed E-state index contributed by atoms with van der Waals surface area (Å²) in [6.45, 7) is 4.83. The number of ether oxygens (including phenoxy) is 2. The van der Waals surface area contributed by atoms with E-state index in [0.29, 0.717) is 30.4 Å². The molecule has 4 N–H and O–H groups in total. The van der Waals surface area contributed by atoms with Crippen molar-refractivity contribution in [2.75, 3.05) is 18.9 Å². The Morgan fingerprint density at radius 1 is 1.19 bits per heavy atom. The van der Waals surface area contributed by atoms with Crippen molar-refractivity contribution < 1.29 is 19.4 Å². The maximum Gasteiger partial charge on any atom is 0.339 e. The second-order valence-electron chi connectivity index (χ2n) is 4.34. The average Bonchev–Trinajstić information content (AvgIpc) is 2.83. The number of nitrogen functional groups attached to an aromatic ring is 1. The number of aromatic nitrogens is 1. The molecule has 0 unspecified atom stereocenters. The highest BCUT2D eigenvalue weighted by atomic mass is 16.5. The van der Waals surface area contributed by atoms with Gasteiger partial charge in [0.05, 0.1) is 13.2 Å². The van der Waals surface area contributed by atoms with E-state index in [4.69, 9.17) is 20.3 Å². The molecule has 0 fully saturated rings. The minimum Gasteiger partial charge on any atom is -0.490 e. The second-order valence-corrected chi connectivity index (χ2v) is 4.34. The molecule has 0 saturated heterocycles. The van der Waals surface area contributed by atoms with E-state index in [1.54, 1.807) is 12.1 Å². The Labute approximate surface area is 122 Å². The number of carboxylic acids is 1. The van der Waals surface area contributed by atoms with E-state index in [1.807, 2.05) is 19.9 Å². The van der Waals surface area contributed by atoms with Crippen LogP contribution in [0.5, 0.6) is 11.5 Å². The molecule has 0 radical (unpaired) electrons. The van der Waals surface area contributed by atoms with E-state index in [9.17, 15) is 4.79 Å². The number of rotatable bonds is 6. The molecule has 21 heavy (non-hydrogen) atoms. The highest BCUT2D eigenvalue weighted by Crippen LogP contribution is 2.33. The van der Waals surface area contributed by atoms with Crippen LogP contribution in [0.15, 0.2) is 24.3 Å². The van der Waals surface area contributed by atoms with Gasteiger partial charge < -0.3 is 25.3 Å². The molecule has 6 heteroatoms. The van der Waals surface area contributed by atoms with Gasteiger partial charge >= 0.3 is 5.97 Å². The number of nitrogens with two attached hydrogens (primary N) is 1. The number of hydrogen-bond acceptors (Lipinski definition) is 4. The van der Waals surface area contributed by atoms with Crippen LogP contribution in [0.1, 0.15) is 24.2 Å². The molecule has 1 heterocycles. The first-order chi connectivity index (χ1) is 10.1. The summed E-state index contributed by atoms with van der Waals surface area (Å²) in [5.41, 5.74) is 7.11. The van der Waals surface area contributed by atoms with Crippen molar-refractivity contribution in [1.82, 2.24) is 4.98 Å². The lowest BCUT2D eigenvalue weighted by Crippen LogP contribution is -1.98. The maximum absolute atomic E-state index is 11.0. The fourth-order valence-corrected chi connectivity index (χ4v) is 2.02. The third-order valence-corrected chi connectivity index (χ3v) is 2.93. The lowest BCUT2D eigenvalue weighted by molar-refractivity contribution is 0.0698. The van der Waals surface area contributed by atoms with E-state index in [-0.39, 0.29) is 11.4 Å². The second kappa shape index (κ2) is 6.21. The number of aromatic amines is 1. The summed E-state index contributed by atoms with van der Waals surface area (Å²) in [4.78, 5) is 13.9. The number of benzene rings is 1. The minimum atomic E-state index is -1.06. The standard InChI is InChI=1S/C15H18N2O4/c1-3-20-12-6-5-9(7-13(12)21-4-2)11-8-10(15(18)19)14(16)17-11/h5-8,17H,3-4,16H2,1-2H3,(H,18,19). The summed E-state index contributed by atoms with van der Waals surface area (Å²) in [6.07, 6.45) is 0. The van der Waals surface area contributed by atoms with Crippen LogP contribution in [-0.4, -0.2) is 29.3 Å². The summed E-state index contributed by atoms with van der Waals surface area (Å²) >= 11 is 0. The molecule has 2 aromatic rings. The number of carbonyl (C=O) groups is 1. The molecule has 0 aliphatic rings. The summed E-state index contributed by atoms with van der Waals surface area (Å²) in [6, 6.07) is 6.92. The lowest BCUT2D eigenvalue weighted by Gasteiger charge is -2.11. The molecule has 0 spiro atoms. The van der Waals surface area contributed by atoms with Crippen LogP contribution in [0.25, 0.3) is 11.3 Å². The molecule has 6 nitrogen and oxygen atoms in total. The number of H-pyrrole nitrogens is 1. The van der Waals surface area contributed by atoms with E-state index >= 15 is 0 Å². The van der Waals surface area contributed by atoms with Crippen molar-refractivity contribution in [2.24, 2.45) is 0 Å². The Morgan fingerprint density at radius 2 is 1.86 bits per heavy atom. The Hall–Kier alpha value is -2.63. The monoisotopic (exact) mass is 290 g/mol. The van der Waals surface area contributed by atoms with Crippen LogP contribution in [0.2, 0.25) is 0 Å². The van der Waals surface area contributed by atoms with Crippen molar-refractivity contribution in [3.05, 3.63) is 29.8 Å². The molecule has 0 aliphatic heterocycles. The van der Waals surface area contributed by atoms with Crippen LogP contribution in [0.4, 0.5) is 5.82 Å². The van der Waals surface area contributed by atoms with Gasteiger partial charge in [0.2, 0.25) is 0 Å². The fraction of sp³-hybridized carbons (Fsp3) is 0.267. The average molecular weight is 290 g/mol. The molecular weight excluding hydrogens is 272 g/mol. The van der Waals surface area contributed by atoms with Gasteiger partial charge in [0.15, 0.2) is 11.5 Å².